The van der Waals surface area contributed by atoms with E-state index < -0.39 is 5.97 Å². The Kier molecular flexibility index (Phi) is 4.90. The molecule has 0 saturated heterocycles. The average molecular weight is 420 g/mol. The lowest BCUT2D eigenvalue weighted by molar-refractivity contribution is -0.136. The fourth-order valence-corrected chi connectivity index (χ4v) is 4.24. The van der Waals surface area contributed by atoms with E-state index in [0.717, 1.165) is 7.57 Å². The van der Waals surface area contributed by atoms with Crippen LogP contribution in [-0.2, 0) is 11.2 Å². The Morgan fingerprint density at radius 1 is 1.35 bits per heavy atom. The number of carboxylic acids is 1. The third kappa shape index (κ3) is 3.87. The number of nitrogens with one attached hydrogen (secondary N) is 1. The van der Waals surface area contributed by atoms with E-state index >= 15 is 0 Å². The molecule has 1 amide bonds. The molecule has 2 aromatic heterocycles. The van der Waals surface area contributed by atoms with Gasteiger partial charge >= 0.3 is 5.97 Å². The molecule has 0 aliphatic heterocycles. The van der Waals surface area contributed by atoms with Crippen LogP contribution in [0.3, 0.4) is 0 Å². The van der Waals surface area contributed by atoms with Crippen molar-refractivity contribution in [2.45, 2.75) is 6.42 Å². The van der Waals surface area contributed by atoms with Crippen molar-refractivity contribution in [3.8, 4) is 0 Å². The molecule has 2 heterocycles. The molecule has 2 N–H and O–H groups in total. The highest BCUT2D eigenvalue weighted by atomic mass is 79.9. The predicted octanol–water partition coefficient (Wildman–Crippen LogP) is 3.55. The molecule has 0 aliphatic carbocycles. The number of aliphatic carboxylic acids is 1. The van der Waals surface area contributed by atoms with E-state index in [0.29, 0.717) is 16.9 Å². The normalized spacial score (nSPS) is 10.3. The second-order valence-electron chi connectivity index (χ2n) is 3.80. The minimum absolute atomic E-state index is 0.142. The van der Waals surface area contributed by atoms with Gasteiger partial charge in [0.2, 0.25) is 0 Å². The van der Waals surface area contributed by atoms with Crippen molar-refractivity contribution in [1.82, 2.24) is 4.98 Å². The Balaban J connectivity index is 2.08. The number of carboxylic acid groups (broad SMARTS) is 1. The van der Waals surface area contributed by atoms with E-state index in [1.807, 2.05) is 0 Å². The minimum Gasteiger partial charge on any atom is -0.481 e. The predicted molar refractivity (Wildman–Crippen MR) is 83.2 cm³/mol. The zero-order chi connectivity index (χ0) is 14.7. The number of halogens is 2. The highest BCUT2D eigenvalue weighted by Crippen LogP contribution is 2.32. The van der Waals surface area contributed by atoms with E-state index in [-0.39, 0.29) is 12.3 Å². The molecule has 0 radical (unpaired) electrons. The van der Waals surface area contributed by atoms with Crippen molar-refractivity contribution in [2.75, 3.05) is 5.32 Å². The summed E-state index contributed by atoms with van der Waals surface area (Å²) in [7, 11) is 0. The smallest absolute Gasteiger partial charge is 0.309 e. The van der Waals surface area contributed by atoms with Gasteiger partial charge in [0.15, 0.2) is 0 Å². The zero-order valence-electron chi connectivity index (χ0n) is 9.89. The van der Waals surface area contributed by atoms with Crippen LogP contribution in [-0.4, -0.2) is 22.0 Å². The van der Waals surface area contributed by atoms with Crippen molar-refractivity contribution < 1.29 is 14.7 Å². The molecule has 0 fully saturated rings. The molecule has 104 valence electrons. The number of aromatic nitrogens is 1. The molecule has 20 heavy (non-hydrogen) atoms. The first kappa shape index (κ1) is 15.1. The molecular formula is C12H8Br2N2O3S. The van der Waals surface area contributed by atoms with Crippen LogP contribution in [0.15, 0.2) is 32.0 Å². The quantitative estimate of drug-likeness (QED) is 0.794. The van der Waals surface area contributed by atoms with Crippen molar-refractivity contribution >= 4 is 60.8 Å². The number of pyridine rings is 1. The van der Waals surface area contributed by atoms with Crippen molar-refractivity contribution in [1.29, 1.82) is 0 Å². The maximum Gasteiger partial charge on any atom is 0.309 e. The van der Waals surface area contributed by atoms with Gasteiger partial charge in [-0.05, 0) is 50.1 Å². The van der Waals surface area contributed by atoms with Crippen molar-refractivity contribution in [3.63, 3.8) is 0 Å². The van der Waals surface area contributed by atoms with Crippen LogP contribution in [0.1, 0.15) is 16.1 Å². The number of hydrogen-bond donors (Lipinski definition) is 2. The average Bonchev–Trinajstić information content (AvgIpc) is 2.70. The summed E-state index contributed by atoms with van der Waals surface area (Å²) in [4.78, 5) is 26.6. The van der Waals surface area contributed by atoms with Gasteiger partial charge in [-0.1, -0.05) is 0 Å². The molecule has 0 aliphatic rings. The summed E-state index contributed by atoms with van der Waals surface area (Å²) in [5, 5.41) is 11.3. The summed E-state index contributed by atoms with van der Waals surface area (Å²) in [5.74, 6) is -1.20. The van der Waals surface area contributed by atoms with Gasteiger partial charge in [0.25, 0.3) is 5.91 Å². The summed E-state index contributed by atoms with van der Waals surface area (Å²) < 4.78 is 1.58. The number of nitrogens with zero attached hydrogens (tertiary/aromatic N) is 1. The Hall–Kier alpha value is -1.25. The number of hydrogen-bond acceptors (Lipinski definition) is 4. The third-order valence-corrected chi connectivity index (χ3v) is 4.66. The molecule has 8 heteroatoms. The highest BCUT2D eigenvalue weighted by Gasteiger charge is 2.14. The van der Waals surface area contributed by atoms with Gasteiger partial charge in [-0.25, -0.2) is 0 Å². The lowest BCUT2D eigenvalue weighted by Gasteiger charge is -2.04. The number of amides is 1. The van der Waals surface area contributed by atoms with Crippen LogP contribution in [0.5, 0.6) is 0 Å². The van der Waals surface area contributed by atoms with E-state index in [4.69, 9.17) is 5.11 Å². The summed E-state index contributed by atoms with van der Waals surface area (Å²) in [6.45, 7) is 0. The maximum absolute atomic E-state index is 12.0. The second kappa shape index (κ2) is 6.47. The Morgan fingerprint density at radius 3 is 2.60 bits per heavy atom. The summed E-state index contributed by atoms with van der Waals surface area (Å²) >= 11 is 8.04. The third-order valence-electron chi connectivity index (χ3n) is 2.32. The van der Waals surface area contributed by atoms with Crippen LogP contribution in [0.4, 0.5) is 5.69 Å². The molecule has 2 aromatic rings. The molecule has 0 aromatic carbocycles. The van der Waals surface area contributed by atoms with Gasteiger partial charge in [-0.2, -0.15) is 0 Å². The topological polar surface area (TPSA) is 79.3 Å². The Morgan fingerprint density at radius 2 is 2.10 bits per heavy atom. The van der Waals surface area contributed by atoms with Gasteiger partial charge < -0.3 is 10.4 Å². The fourth-order valence-electron chi connectivity index (χ4n) is 1.45. The number of carbonyl (C=O) groups is 2. The molecule has 2 rings (SSSR count). The first-order chi connectivity index (χ1) is 9.45. The first-order valence-electron chi connectivity index (χ1n) is 5.38. The van der Waals surface area contributed by atoms with E-state index in [1.54, 1.807) is 18.2 Å². The second-order valence-corrected chi connectivity index (χ2v) is 7.55. The number of thiophene rings is 1. The minimum atomic E-state index is -0.943. The summed E-state index contributed by atoms with van der Waals surface area (Å²) in [6.07, 6.45) is 1.29. The van der Waals surface area contributed by atoms with Gasteiger partial charge in [0, 0.05) is 0 Å². The van der Waals surface area contributed by atoms with Gasteiger partial charge in [-0.15, -0.1) is 11.3 Å². The molecular weight excluding hydrogens is 412 g/mol. The Labute approximate surface area is 135 Å². The fraction of sp³-hybridized carbons (Fsp3) is 0.0833. The van der Waals surface area contributed by atoms with E-state index in [2.05, 4.69) is 42.2 Å². The zero-order valence-corrected chi connectivity index (χ0v) is 13.9. The van der Waals surface area contributed by atoms with Crippen LogP contribution >= 0.6 is 43.2 Å². The Bertz CT molecular complexity index is 655. The van der Waals surface area contributed by atoms with Gasteiger partial charge in [0.05, 0.1) is 37.1 Å². The van der Waals surface area contributed by atoms with Gasteiger partial charge in [0.1, 0.15) is 0 Å². The number of rotatable bonds is 4. The summed E-state index contributed by atoms with van der Waals surface area (Å²) in [5.41, 5.74) is 1.48. The maximum atomic E-state index is 12.0. The number of anilines is 1. The van der Waals surface area contributed by atoms with Crippen LogP contribution in [0.2, 0.25) is 0 Å². The number of carbonyl (C=O) groups excluding carboxylic acids is 1. The SMILES string of the molecule is O=C(O)Cc1ccc(NC(=O)c2cc(Br)sc2Br)cn1. The van der Waals surface area contributed by atoms with E-state index in [9.17, 15) is 9.59 Å². The summed E-state index contributed by atoms with van der Waals surface area (Å²) in [6, 6.07) is 4.91. The molecule has 0 unspecified atom stereocenters. The molecule has 0 atom stereocenters. The highest BCUT2D eigenvalue weighted by molar-refractivity contribution is 9.12. The molecule has 0 saturated carbocycles. The monoisotopic (exact) mass is 418 g/mol. The standard InChI is InChI=1S/C12H8Br2N2O3S/c13-9-4-8(11(14)20-9)12(19)16-7-2-1-6(15-5-7)3-10(17)18/h1-2,4-5H,3H2,(H,16,19)(H,17,18). The van der Waals surface area contributed by atoms with Gasteiger partial charge in [-0.3, -0.25) is 14.6 Å². The van der Waals surface area contributed by atoms with Crippen LogP contribution in [0.25, 0.3) is 0 Å². The van der Waals surface area contributed by atoms with Crippen LogP contribution < -0.4 is 5.32 Å². The molecule has 0 bridgehead atoms. The van der Waals surface area contributed by atoms with Crippen LogP contribution in [0, 0.1) is 0 Å². The molecule has 0 spiro atoms. The lowest BCUT2D eigenvalue weighted by Crippen LogP contribution is -2.12. The van der Waals surface area contributed by atoms with Crippen molar-refractivity contribution in [2.24, 2.45) is 0 Å². The van der Waals surface area contributed by atoms with E-state index in [1.165, 1.54) is 17.5 Å². The first-order valence-corrected chi connectivity index (χ1v) is 7.79. The lowest BCUT2D eigenvalue weighted by atomic mass is 10.2. The molecule has 5 nitrogen and oxygen atoms in total. The largest absolute Gasteiger partial charge is 0.481 e. The van der Waals surface area contributed by atoms with Crippen molar-refractivity contribution in [3.05, 3.63) is 43.2 Å².